The number of hydrogen-bond donors (Lipinski definition) is 1. The van der Waals surface area contributed by atoms with Crippen LogP contribution < -0.4 is 5.73 Å². The Morgan fingerprint density at radius 1 is 1.71 bits per heavy atom. The van der Waals surface area contributed by atoms with Crippen molar-refractivity contribution in [2.75, 3.05) is 19.8 Å². The number of hydrogen-bond acceptors (Lipinski definition) is 3. The molecule has 0 aromatic carbocycles. The summed E-state index contributed by atoms with van der Waals surface area (Å²) in [4.78, 5) is 13.8. The van der Waals surface area contributed by atoms with Gasteiger partial charge in [0.05, 0.1) is 30.7 Å². The first-order chi connectivity index (χ1) is 6.65. The molecule has 14 heavy (non-hydrogen) atoms. The van der Waals surface area contributed by atoms with Gasteiger partial charge in [-0.1, -0.05) is 19.1 Å². The predicted molar refractivity (Wildman–Crippen MR) is 58.0 cm³/mol. The number of nitrogens with zero attached hydrogens (tertiary/aromatic N) is 1. The van der Waals surface area contributed by atoms with E-state index in [1.165, 1.54) is 0 Å². The maximum Gasteiger partial charge on any atom is 0.229 e. The highest BCUT2D eigenvalue weighted by atomic mass is 32.1. The van der Waals surface area contributed by atoms with Crippen LogP contribution in [-0.2, 0) is 9.53 Å². The van der Waals surface area contributed by atoms with E-state index in [4.69, 9.17) is 22.7 Å². The third-order valence-corrected chi connectivity index (χ3v) is 2.49. The maximum absolute atomic E-state index is 11.7. The van der Waals surface area contributed by atoms with Crippen LogP contribution >= 0.6 is 12.2 Å². The fourth-order valence-electron chi connectivity index (χ4n) is 1.57. The van der Waals surface area contributed by atoms with Crippen molar-refractivity contribution in [3.8, 4) is 0 Å². The van der Waals surface area contributed by atoms with E-state index in [0.29, 0.717) is 19.8 Å². The van der Waals surface area contributed by atoms with Crippen molar-refractivity contribution in [3.63, 3.8) is 0 Å². The number of carbonyl (C=O) groups is 1. The molecule has 4 nitrogen and oxygen atoms in total. The highest BCUT2D eigenvalue weighted by Crippen LogP contribution is 2.11. The molecule has 1 saturated heterocycles. The SMILES string of the molecule is CCC1COCCN1C(=O)CC(N)=S. The monoisotopic (exact) mass is 216 g/mol. The lowest BCUT2D eigenvalue weighted by Gasteiger charge is -2.35. The lowest BCUT2D eigenvalue weighted by atomic mass is 10.1. The zero-order valence-electron chi connectivity index (χ0n) is 8.36. The van der Waals surface area contributed by atoms with Gasteiger partial charge in [-0.3, -0.25) is 4.79 Å². The van der Waals surface area contributed by atoms with E-state index >= 15 is 0 Å². The highest BCUT2D eigenvalue weighted by Gasteiger charge is 2.25. The molecular formula is C9H16N2O2S. The van der Waals surface area contributed by atoms with Crippen molar-refractivity contribution in [3.05, 3.63) is 0 Å². The Labute approximate surface area is 89.4 Å². The lowest BCUT2D eigenvalue weighted by molar-refractivity contribution is -0.138. The third-order valence-electron chi connectivity index (χ3n) is 2.34. The fraction of sp³-hybridized carbons (Fsp3) is 0.778. The van der Waals surface area contributed by atoms with Crippen LogP contribution in [0.4, 0.5) is 0 Å². The first-order valence-electron chi connectivity index (χ1n) is 4.80. The number of nitrogens with two attached hydrogens (primary N) is 1. The Kier molecular flexibility index (Phi) is 4.28. The molecule has 1 atom stereocenters. The van der Waals surface area contributed by atoms with Crippen LogP contribution in [0.1, 0.15) is 19.8 Å². The Morgan fingerprint density at radius 2 is 2.43 bits per heavy atom. The lowest BCUT2D eigenvalue weighted by Crippen LogP contribution is -2.49. The van der Waals surface area contributed by atoms with Crippen molar-refractivity contribution < 1.29 is 9.53 Å². The molecule has 0 spiro atoms. The summed E-state index contributed by atoms with van der Waals surface area (Å²) in [5.74, 6) is 0.0210. The van der Waals surface area contributed by atoms with E-state index < -0.39 is 0 Å². The summed E-state index contributed by atoms with van der Waals surface area (Å²) in [6.45, 7) is 3.93. The van der Waals surface area contributed by atoms with E-state index in [-0.39, 0.29) is 23.4 Å². The number of thiocarbonyl (C=S) groups is 1. The van der Waals surface area contributed by atoms with Gasteiger partial charge in [0.25, 0.3) is 0 Å². The molecule has 0 aliphatic carbocycles. The van der Waals surface area contributed by atoms with Gasteiger partial charge in [0.15, 0.2) is 0 Å². The minimum atomic E-state index is 0.0210. The third kappa shape index (κ3) is 2.92. The van der Waals surface area contributed by atoms with Gasteiger partial charge in [0.1, 0.15) is 0 Å². The van der Waals surface area contributed by atoms with E-state index in [0.717, 1.165) is 6.42 Å². The standard InChI is InChI=1S/C9H16N2O2S/c1-2-7-6-13-4-3-11(7)9(12)5-8(10)14/h7H,2-6H2,1H3,(H2,10,14). The van der Waals surface area contributed by atoms with Crippen LogP contribution in [0.25, 0.3) is 0 Å². The zero-order valence-corrected chi connectivity index (χ0v) is 9.18. The van der Waals surface area contributed by atoms with E-state index in [1.807, 2.05) is 11.8 Å². The van der Waals surface area contributed by atoms with Crippen molar-refractivity contribution >= 4 is 23.1 Å². The summed E-state index contributed by atoms with van der Waals surface area (Å²) in [6.07, 6.45) is 1.08. The van der Waals surface area contributed by atoms with Gasteiger partial charge in [0, 0.05) is 6.54 Å². The molecule has 0 saturated carbocycles. The summed E-state index contributed by atoms with van der Waals surface area (Å²) < 4.78 is 5.30. The van der Waals surface area contributed by atoms with Gasteiger partial charge in [-0.25, -0.2) is 0 Å². The molecule has 1 aliphatic rings. The first kappa shape index (κ1) is 11.4. The predicted octanol–water partition coefficient (Wildman–Crippen LogP) is 0.300. The van der Waals surface area contributed by atoms with Crippen LogP contribution in [-0.4, -0.2) is 41.6 Å². The molecule has 1 fully saturated rings. The van der Waals surface area contributed by atoms with Crippen LogP contribution in [0.2, 0.25) is 0 Å². The molecule has 2 N–H and O–H groups in total. The van der Waals surface area contributed by atoms with Gasteiger partial charge >= 0.3 is 0 Å². The average Bonchev–Trinajstić information content (AvgIpc) is 2.16. The summed E-state index contributed by atoms with van der Waals surface area (Å²) in [6, 6.07) is 0.186. The van der Waals surface area contributed by atoms with Gasteiger partial charge in [-0.05, 0) is 6.42 Å². The van der Waals surface area contributed by atoms with Gasteiger partial charge < -0.3 is 15.4 Å². The molecule has 0 radical (unpaired) electrons. The number of amides is 1. The molecule has 1 amide bonds. The topological polar surface area (TPSA) is 55.6 Å². The van der Waals surface area contributed by atoms with Crippen LogP contribution in [0.5, 0.6) is 0 Å². The molecule has 0 aromatic heterocycles. The van der Waals surface area contributed by atoms with Crippen molar-refractivity contribution in [2.45, 2.75) is 25.8 Å². The molecule has 5 heteroatoms. The highest BCUT2D eigenvalue weighted by molar-refractivity contribution is 7.80. The summed E-state index contributed by atoms with van der Waals surface area (Å²) in [5, 5.41) is 0. The Balaban J connectivity index is 2.54. The molecule has 1 aliphatic heterocycles. The molecule has 0 bridgehead atoms. The largest absolute Gasteiger partial charge is 0.393 e. The second-order valence-electron chi connectivity index (χ2n) is 3.37. The van der Waals surface area contributed by atoms with Gasteiger partial charge in [-0.2, -0.15) is 0 Å². The second kappa shape index (κ2) is 5.26. The maximum atomic E-state index is 11.7. The summed E-state index contributed by atoms with van der Waals surface area (Å²) in [7, 11) is 0. The second-order valence-corrected chi connectivity index (χ2v) is 3.89. The van der Waals surface area contributed by atoms with E-state index in [2.05, 4.69) is 0 Å². The van der Waals surface area contributed by atoms with Crippen LogP contribution in [0, 0.1) is 0 Å². The van der Waals surface area contributed by atoms with Crippen molar-refractivity contribution in [1.82, 2.24) is 4.90 Å². The Bertz CT molecular complexity index is 233. The molecule has 1 unspecified atom stereocenters. The molecule has 80 valence electrons. The first-order valence-corrected chi connectivity index (χ1v) is 5.21. The van der Waals surface area contributed by atoms with Gasteiger partial charge in [-0.15, -0.1) is 0 Å². The molecule has 1 heterocycles. The fourth-order valence-corrected chi connectivity index (χ4v) is 1.70. The normalized spacial score (nSPS) is 22.1. The number of rotatable bonds is 3. The number of morpholine rings is 1. The van der Waals surface area contributed by atoms with E-state index in [9.17, 15) is 4.79 Å². The van der Waals surface area contributed by atoms with Gasteiger partial charge in [0.2, 0.25) is 5.91 Å². The average molecular weight is 216 g/mol. The van der Waals surface area contributed by atoms with Crippen molar-refractivity contribution in [1.29, 1.82) is 0 Å². The molecule has 1 rings (SSSR count). The van der Waals surface area contributed by atoms with E-state index in [1.54, 1.807) is 0 Å². The van der Waals surface area contributed by atoms with Crippen LogP contribution in [0.3, 0.4) is 0 Å². The van der Waals surface area contributed by atoms with Crippen molar-refractivity contribution in [2.24, 2.45) is 5.73 Å². The molecule has 0 aromatic rings. The van der Waals surface area contributed by atoms with Crippen LogP contribution in [0.15, 0.2) is 0 Å². The Morgan fingerprint density at radius 3 is 3.00 bits per heavy atom. The number of carbonyl (C=O) groups excluding carboxylic acids is 1. The minimum Gasteiger partial charge on any atom is -0.393 e. The molecular weight excluding hydrogens is 200 g/mol. The zero-order chi connectivity index (χ0) is 10.6. The number of ether oxygens (including phenoxy) is 1. The minimum absolute atomic E-state index is 0.0210. The smallest absolute Gasteiger partial charge is 0.229 e. The quantitative estimate of drug-likeness (QED) is 0.689. The summed E-state index contributed by atoms with van der Waals surface area (Å²) in [5.41, 5.74) is 5.34. The Hall–Kier alpha value is -0.680. The summed E-state index contributed by atoms with van der Waals surface area (Å²) >= 11 is 4.72.